The van der Waals surface area contributed by atoms with Gasteiger partial charge in [0.25, 0.3) is 0 Å². The average Bonchev–Trinajstić information content (AvgIpc) is 2.67. The van der Waals surface area contributed by atoms with Crippen LogP contribution in [-0.2, 0) is 4.79 Å². The number of aryl methyl sites for hydroxylation is 1. The zero-order valence-electron chi connectivity index (χ0n) is 15.1. The third kappa shape index (κ3) is 4.51. The standard InChI is InChI=1S/C22H25NO3/c1-15-7-9-16(10-8-15)18-11-19(22(25)26)13-20(12-18)23-14-21(24)17-5-3-2-4-6-17/h7-13,17,23H,2-6,14H2,1H3,(H,25,26). The number of hydrogen-bond donors (Lipinski definition) is 2. The van der Waals surface area contributed by atoms with Crippen molar-refractivity contribution >= 4 is 17.4 Å². The molecule has 2 N–H and O–H groups in total. The fraction of sp³-hybridized carbons (Fsp3) is 0.364. The second-order valence-corrected chi connectivity index (χ2v) is 7.13. The van der Waals surface area contributed by atoms with E-state index in [1.807, 2.05) is 37.3 Å². The van der Waals surface area contributed by atoms with Crippen molar-refractivity contribution in [2.24, 2.45) is 5.92 Å². The van der Waals surface area contributed by atoms with Gasteiger partial charge in [-0.2, -0.15) is 0 Å². The van der Waals surface area contributed by atoms with Crippen molar-refractivity contribution in [3.05, 3.63) is 53.6 Å². The second kappa shape index (κ2) is 8.17. The highest BCUT2D eigenvalue weighted by Crippen LogP contribution is 2.27. The summed E-state index contributed by atoms with van der Waals surface area (Å²) in [6, 6.07) is 13.1. The number of benzene rings is 2. The number of aromatic carboxylic acids is 1. The van der Waals surface area contributed by atoms with Gasteiger partial charge in [0, 0.05) is 11.6 Å². The molecule has 0 aromatic heterocycles. The molecule has 136 valence electrons. The summed E-state index contributed by atoms with van der Waals surface area (Å²) >= 11 is 0. The monoisotopic (exact) mass is 351 g/mol. The van der Waals surface area contributed by atoms with E-state index < -0.39 is 5.97 Å². The van der Waals surface area contributed by atoms with Crippen LogP contribution in [0.15, 0.2) is 42.5 Å². The molecule has 2 aromatic carbocycles. The molecule has 0 bridgehead atoms. The normalized spacial score (nSPS) is 14.8. The highest BCUT2D eigenvalue weighted by atomic mass is 16.4. The van der Waals surface area contributed by atoms with Crippen LogP contribution in [0.1, 0.15) is 48.0 Å². The minimum atomic E-state index is -0.972. The van der Waals surface area contributed by atoms with Crippen molar-refractivity contribution in [2.45, 2.75) is 39.0 Å². The molecule has 3 rings (SSSR count). The molecular formula is C22H25NO3. The van der Waals surface area contributed by atoms with E-state index in [1.165, 1.54) is 6.42 Å². The fourth-order valence-electron chi connectivity index (χ4n) is 3.52. The van der Waals surface area contributed by atoms with E-state index in [4.69, 9.17) is 0 Å². The lowest BCUT2D eigenvalue weighted by molar-refractivity contribution is -0.122. The summed E-state index contributed by atoms with van der Waals surface area (Å²) in [6.07, 6.45) is 5.43. The van der Waals surface area contributed by atoms with Crippen molar-refractivity contribution < 1.29 is 14.7 Å². The minimum absolute atomic E-state index is 0.149. The number of hydrogen-bond acceptors (Lipinski definition) is 3. The lowest BCUT2D eigenvalue weighted by Gasteiger charge is -2.20. The number of carbonyl (C=O) groups excluding carboxylic acids is 1. The molecule has 2 aromatic rings. The van der Waals surface area contributed by atoms with Gasteiger partial charge in [-0.3, -0.25) is 4.79 Å². The number of carbonyl (C=O) groups is 2. The lowest BCUT2D eigenvalue weighted by Crippen LogP contribution is -2.24. The third-order valence-electron chi connectivity index (χ3n) is 5.09. The first-order valence-electron chi connectivity index (χ1n) is 9.25. The third-order valence-corrected chi connectivity index (χ3v) is 5.09. The summed E-state index contributed by atoms with van der Waals surface area (Å²) in [6.45, 7) is 2.27. The van der Waals surface area contributed by atoms with E-state index in [9.17, 15) is 14.7 Å². The van der Waals surface area contributed by atoms with Gasteiger partial charge >= 0.3 is 5.97 Å². The summed E-state index contributed by atoms with van der Waals surface area (Å²) in [7, 11) is 0. The summed E-state index contributed by atoms with van der Waals surface area (Å²) in [4.78, 5) is 23.9. The Morgan fingerprint density at radius 3 is 2.35 bits per heavy atom. The van der Waals surface area contributed by atoms with Crippen molar-refractivity contribution in [1.29, 1.82) is 0 Å². The first kappa shape index (κ1) is 18.2. The van der Waals surface area contributed by atoms with Crippen molar-refractivity contribution in [3.63, 3.8) is 0 Å². The van der Waals surface area contributed by atoms with E-state index in [1.54, 1.807) is 12.1 Å². The van der Waals surface area contributed by atoms with Crippen LogP contribution in [0, 0.1) is 12.8 Å². The van der Waals surface area contributed by atoms with E-state index >= 15 is 0 Å². The van der Waals surface area contributed by atoms with Gasteiger partial charge < -0.3 is 10.4 Å². The number of anilines is 1. The Hall–Kier alpha value is -2.62. The van der Waals surface area contributed by atoms with Gasteiger partial charge in [-0.05, 0) is 49.1 Å². The number of carboxylic acids is 1. The smallest absolute Gasteiger partial charge is 0.335 e. The van der Waals surface area contributed by atoms with Crippen molar-refractivity contribution in [2.75, 3.05) is 11.9 Å². The van der Waals surface area contributed by atoms with Crippen LogP contribution < -0.4 is 5.32 Å². The molecule has 1 saturated carbocycles. The van der Waals surface area contributed by atoms with Crippen LogP contribution in [0.5, 0.6) is 0 Å². The summed E-state index contributed by atoms with van der Waals surface area (Å²) in [5.41, 5.74) is 3.83. The van der Waals surface area contributed by atoms with Gasteiger partial charge in [0.05, 0.1) is 12.1 Å². The highest BCUT2D eigenvalue weighted by molar-refractivity contribution is 5.92. The van der Waals surface area contributed by atoms with Gasteiger partial charge in [-0.1, -0.05) is 49.1 Å². The maximum Gasteiger partial charge on any atom is 0.335 e. The molecule has 0 amide bonds. The highest BCUT2D eigenvalue weighted by Gasteiger charge is 2.20. The predicted octanol–water partition coefficient (Wildman–Crippen LogP) is 4.92. The minimum Gasteiger partial charge on any atom is -0.478 e. The molecule has 0 radical (unpaired) electrons. The van der Waals surface area contributed by atoms with Crippen molar-refractivity contribution in [3.8, 4) is 11.1 Å². The van der Waals surface area contributed by atoms with Gasteiger partial charge in [-0.15, -0.1) is 0 Å². The van der Waals surface area contributed by atoms with Gasteiger partial charge in [-0.25, -0.2) is 4.79 Å². The van der Waals surface area contributed by atoms with E-state index in [2.05, 4.69) is 5.32 Å². The number of carboxylic acid groups (broad SMARTS) is 1. The van der Waals surface area contributed by atoms with Crippen LogP contribution in [-0.4, -0.2) is 23.4 Å². The molecule has 4 heteroatoms. The lowest BCUT2D eigenvalue weighted by atomic mass is 9.86. The Morgan fingerprint density at radius 2 is 1.69 bits per heavy atom. The fourth-order valence-corrected chi connectivity index (χ4v) is 3.52. The second-order valence-electron chi connectivity index (χ2n) is 7.13. The zero-order valence-corrected chi connectivity index (χ0v) is 15.1. The quantitative estimate of drug-likeness (QED) is 0.775. The molecule has 1 aliphatic carbocycles. The molecule has 1 fully saturated rings. The number of nitrogens with one attached hydrogen (secondary N) is 1. The summed E-state index contributed by atoms with van der Waals surface area (Å²) < 4.78 is 0. The molecule has 0 heterocycles. The molecular weight excluding hydrogens is 326 g/mol. The molecule has 0 aliphatic heterocycles. The topological polar surface area (TPSA) is 66.4 Å². The van der Waals surface area contributed by atoms with Crippen molar-refractivity contribution in [1.82, 2.24) is 0 Å². The van der Waals surface area contributed by atoms with Gasteiger partial charge in [0.1, 0.15) is 0 Å². The van der Waals surface area contributed by atoms with Crippen LogP contribution >= 0.6 is 0 Å². The van der Waals surface area contributed by atoms with Crippen LogP contribution in [0.2, 0.25) is 0 Å². The zero-order chi connectivity index (χ0) is 18.5. The van der Waals surface area contributed by atoms with E-state index in [0.717, 1.165) is 42.4 Å². The average molecular weight is 351 g/mol. The molecule has 0 saturated heterocycles. The Balaban J connectivity index is 1.78. The number of rotatable bonds is 6. The maximum atomic E-state index is 12.4. The maximum absolute atomic E-state index is 12.4. The summed E-state index contributed by atoms with van der Waals surface area (Å²) in [5, 5.41) is 12.6. The number of ketones is 1. The molecule has 0 spiro atoms. The SMILES string of the molecule is Cc1ccc(-c2cc(NCC(=O)C3CCCCC3)cc(C(=O)O)c2)cc1. The molecule has 0 atom stereocenters. The van der Waals surface area contributed by atoms with Crippen LogP contribution in [0.4, 0.5) is 5.69 Å². The van der Waals surface area contributed by atoms with Crippen LogP contribution in [0.25, 0.3) is 11.1 Å². The Morgan fingerprint density at radius 1 is 1.00 bits per heavy atom. The van der Waals surface area contributed by atoms with E-state index in [0.29, 0.717) is 5.69 Å². The molecule has 4 nitrogen and oxygen atoms in total. The predicted molar refractivity (Wildman–Crippen MR) is 104 cm³/mol. The Labute approximate surface area is 154 Å². The van der Waals surface area contributed by atoms with Crippen LogP contribution in [0.3, 0.4) is 0 Å². The molecule has 0 unspecified atom stereocenters. The molecule has 1 aliphatic rings. The summed E-state index contributed by atoms with van der Waals surface area (Å²) in [5.74, 6) is -0.599. The number of Topliss-reactive ketones (excluding diaryl/α,β-unsaturated/α-hetero) is 1. The Bertz CT molecular complexity index is 790. The first-order chi connectivity index (χ1) is 12.5. The largest absolute Gasteiger partial charge is 0.478 e. The van der Waals surface area contributed by atoms with Gasteiger partial charge in [0.2, 0.25) is 0 Å². The first-order valence-corrected chi connectivity index (χ1v) is 9.25. The van der Waals surface area contributed by atoms with E-state index in [-0.39, 0.29) is 23.8 Å². The van der Waals surface area contributed by atoms with Gasteiger partial charge in [0.15, 0.2) is 5.78 Å². The molecule has 26 heavy (non-hydrogen) atoms. The Kier molecular flexibility index (Phi) is 5.71.